The summed E-state index contributed by atoms with van der Waals surface area (Å²) in [7, 11) is 0. The van der Waals surface area contributed by atoms with Gasteiger partial charge < -0.3 is 5.73 Å². The molecule has 0 aliphatic heterocycles. The van der Waals surface area contributed by atoms with Crippen molar-refractivity contribution >= 4 is 0 Å². The molecule has 0 saturated carbocycles. The second kappa shape index (κ2) is 5.57. The lowest BCUT2D eigenvalue weighted by molar-refractivity contribution is 0.253. The van der Waals surface area contributed by atoms with Crippen LogP contribution >= 0.6 is 0 Å². The van der Waals surface area contributed by atoms with E-state index < -0.39 is 11.6 Å². The van der Waals surface area contributed by atoms with E-state index in [9.17, 15) is 8.78 Å². The summed E-state index contributed by atoms with van der Waals surface area (Å²) in [6.45, 7) is 0.527. The summed E-state index contributed by atoms with van der Waals surface area (Å²) in [5.41, 5.74) is 9.30. The van der Waals surface area contributed by atoms with Crippen molar-refractivity contribution in [2.45, 2.75) is 25.7 Å². The molecular weight excluding hydrogens is 268 g/mol. The summed E-state index contributed by atoms with van der Waals surface area (Å²) in [4.78, 5) is 0. The van der Waals surface area contributed by atoms with E-state index in [2.05, 4.69) is 18.2 Å². The molecule has 1 unspecified atom stereocenters. The molecule has 0 aromatic heterocycles. The van der Waals surface area contributed by atoms with Crippen LogP contribution < -0.4 is 5.73 Å². The highest BCUT2D eigenvalue weighted by molar-refractivity contribution is 5.32. The highest BCUT2D eigenvalue weighted by atomic mass is 19.1. The fourth-order valence-electron chi connectivity index (χ4n) is 3.41. The van der Waals surface area contributed by atoms with Gasteiger partial charge in [-0.15, -0.1) is 0 Å². The Hall–Kier alpha value is -1.74. The lowest BCUT2D eigenvalue weighted by Gasteiger charge is -2.37. The minimum Gasteiger partial charge on any atom is -0.330 e. The summed E-state index contributed by atoms with van der Waals surface area (Å²) in [5, 5.41) is 0. The molecule has 0 radical (unpaired) electrons. The lowest BCUT2D eigenvalue weighted by Crippen LogP contribution is -2.38. The van der Waals surface area contributed by atoms with Crippen molar-refractivity contribution in [1.82, 2.24) is 0 Å². The van der Waals surface area contributed by atoms with E-state index in [1.165, 1.54) is 23.3 Å². The maximum absolute atomic E-state index is 13.4. The van der Waals surface area contributed by atoms with Crippen LogP contribution in [0, 0.1) is 17.0 Å². The van der Waals surface area contributed by atoms with Gasteiger partial charge in [-0.2, -0.15) is 0 Å². The number of halogens is 2. The average Bonchev–Trinajstić information content (AvgIpc) is 2.46. The number of nitrogens with two attached hydrogens (primary N) is 1. The summed E-state index contributed by atoms with van der Waals surface area (Å²) < 4.78 is 26.8. The van der Waals surface area contributed by atoms with E-state index in [-0.39, 0.29) is 5.41 Å². The maximum atomic E-state index is 13.4. The van der Waals surface area contributed by atoms with Crippen molar-refractivity contribution in [3.8, 4) is 0 Å². The van der Waals surface area contributed by atoms with E-state index in [1.54, 1.807) is 0 Å². The predicted molar refractivity (Wildman–Crippen MR) is 80.0 cm³/mol. The van der Waals surface area contributed by atoms with Gasteiger partial charge in [-0.05, 0) is 66.5 Å². The molecule has 2 aromatic carbocycles. The van der Waals surface area contributed by atoms with E-state index in [0.29, 0.717) is 18.5 Å². The molecule has 2 aromatic rings. The van der Waals surface area contributed by atoms with Crippen LogP contribution in [0.25, 0.3) is 0 Å². The van der Waals surface area contributed by atoms with Crippen molar-refractivity contribution in [3.05, 3.63) is 70.8 Å². The molecule has 21 heavy (non-hydrogen) atoms. The first-order valence-corrected chi connectivity index (χ1v) is 7.32. The minimum absolute atomic E-state index is 0.103. The molecule has 0 amide bonds. The molecule has 110 valence electrons. The van der Waals surface area contributed by atoms with Crippen LogP contribution in [-0.2, 0) is 19.3 Å². The third kappa shape index (κ3) is 2.98. The Morgan fingerprint density at radius 3 is 2.33 bits per heavy atom. The van der Waals surface area contributed by atoms with Crippen LogP contribution in [0.4, 0.5) is 8.78 Å². The molecule has 1 aliphatic carbocycles. The first kappa shape index (κ1) is 14.2. The monoisotopic (exact) mass is 287 g/mol. The Bertz CT molecular complexity index is 633. The van der Waals surface area contributed by atoms with E-state index in [4.69, 9.17) is 5.73 Å². The first-order valence-electron chi connectivity index (χ1n) is 7.32. The largest absolute Gasteiger partial charge is 0.330 e. The van der Waals surface area contributed by atoms with E-state index in [1.807, 2.05) is 6.07 Å². The van der Waals surface area contributed by atoms with Gasteiger partial charge in [0, 0.05) is 6.07 Å². The molecule has 2 N–H and O–H groups in total. The van der Waals surface area contributed by atoms with E-state index >= 15 is 0 Å². The molecule has 1 atom stereocenters. The van der Waals surface area contributed by atoms with Gasteiger partial charge in [-0.1, -0.05) is 24.3 Å². The van der Waals surface area contributed by atoms with Gasteiger partial charge in [0.1, 0.15) is 11.6 Å². The Balaban J connectivity index is 1.88. The minimum atomic E-state index is -0.520. The fourth-order valence-corrected chi connectivity index (χ4v) is 3.41. The first-order chi connectivity index (χ1) is 10.1. The van der Waals surface area contributed by atoms with E-state index in [0.717, 1.165) is 25.3 Å². The zero-order chi connectivity index (χ0) is 14.9. The molecule has 3 heteroatoms. The van der Waals surface area contributed by atoms with Crippen LogP contribution in [0.5, 0.6) is 0 Å². The van der Waals surface area contributed by atoms with Gasteiger partial charge in [0.05, 0.1) is 0 Å². The lowest BCUT2D eigenvalue weighted by atomic mass is 9.68. The quantitative estimate of drug-likeness (QED) is 0.916. The molecule has 1 nitrogen and oxygen atoms in total. The number of aryl methyl sites for hydroxylation is 1. The van der Waals surface area contributed by atoms with Crippen molar-refractivity contribution in [2.75, 3.05) is 6.54 Å². The van der Waals surface area contributed by atoms with Crippen LogP contribution in [0.1, 0.15) is 23.1 Å². The second-order valence-corrected chi connectivity index (χ2v) is 6.10. The van der Waals surface area contributed by atoms with Gasteiger partial charge in [-0.3, -0.25) is 0 Å². The zero-order valence-electron chi connectivity index (χ0n) is 11.9. The van der Waals surface area contributed by atoms with Gasteiger partial charge in [0.25, 0.3) is 0 Å². The normalized spacial score (nSPS) is 21.1. The predicted octanol–water partition coefficient (Wildman–Crippen LogP) is 3.64. The van der Waals surface area contributed by atoms with Crippen molar-refractivity contribution in [3.63, 3.8) is 0 Å². The summed E-state index contributed by atoms with van der Waals surface area (Å²) in [5.74, 6) is -1.04. The highest BCUT2D eigenvalue weighted by Gasteiger charge is 2.33. The van der Waals surface area contributed by atoms with Gasteiger partial charge in [0.2, 0.25) is 0 Å². The third-order valence-electron chi connectivity index (χ3n) is 4.54. The molecular formula is C18H19F2N. The Kier molecular flexibility index (Phi) is 3.77. The van der Waals surface area contributed by atoms with Crippen molar-refractivity contribution < 1.29 is 8.78 Å². The number of benzene rings is 2. The molecule has 0 bridgehead atoms. The third-order valence-corrected chi connectivity index (χ3v) is 4.54. The number of fused-ring (bicyclic) bond motifs is 1. The second-order valence-electron chi connectivity index (χ2n) is 6.10. The standard InChI is InChI=1S/C18H19F2N/c19-16-7-13(8-17(20)9-16)10-18(12-21)6-5-14-3-1-2-4-15(14)11-18/h1-4,7-9H,5-6,10-12,21H2. The van der Waals surface area contributed by atoms with Crippen molar-refractivity contribution in [2.24, 2.45) is 11.1 Å². The molecule has 0 saturated heterocycles. The van der Waals surface area contributed by atoms with Crippen LogP contribution in [0.15, 0.2) is 42.5 Å². The summed E-state index contributed by atoms with van der Waals surface area (Å²) >= 11 is 0. The Morgan fingerprint density at radius 1 is 1.00 bits per heavy atom. The van der Waals surface area contributed by atoms with Gasteiger partial charge in [0.15, 0.2) is 0 Å². The van der Waals surface area contributed by atoms with Gasteiger partial charge >= 0.3 is 0 Å². The summed E-state index contributed by atoms with van der Waals surface area (Å²) in [6, 6.07) is 12.1. The summed E-state index contributed by atoms with van der Waals surface area (Å²) in [6.07, 6.45) is 3.42. The van der Waals surface area contributed by atoms with Crippen LogP contribution in [-0.4, -0.2) is 6.54 Å². The Labute approximate surface area is 123 Å². The maximum Gasteiger partial charge on any atom is 0.126 e. The zero-order valence-corrected chi connectivity index (χ0v) is 11.9. The van der Waals surface area contributed by atoms with Gasteiger partial charge in [-0.25, -0.2) is 8.78 Å². The number of rotatable bonds is 3. The average molecular weight is 287 g/mol. The topological polar surface area (TPSA) is 26.0 Å². The molecule has 0 spiro atoms. The Morgan fingerprint density at radius 2 is 1.67 bits per heavy atom. The number of hydrogen-bond acceptors (Lipinski definition) is 1. The molecule has 0 fully saturated rings. The SMILES string of the molecule is NCC1(Cc2cc(F)cc(F)c2)CCc2ccccc2C1. The van der Waals surface area contributed by atoms with Crippen molar-refractivity contribution in [1.29, 1.82) is 0 Å². The number of hydrogen-bond donors (Lipinski definition) is 1. The highest BCUT2D eigenvalue weighted by Crippen LogP contribution is 2.37. The van der Waals surface area contributed by atoms with Crippen LogP contribution in [0.2, 0.25) is 0 Å². The molecule has 0 heterocycles. The molecule has 1 aliphatic rings. The van der Waals surface area contributed by atoms with Crippen LogP contribution in [0.3, 0.4) is 0 Å². The molecule has 3 rings (SSSR count). The smallest absolute Gasteiger partial charge is 0.126 e. The fraction of sp³-hybridized carbons (Fsp3) is 0.333.